The van der Waals surface area contributed by atoms with E-state index in [9.17, 15) is 13.6 Å². The molecule has 0 saturated carbocycles. The molecule has 2 aromatic rings. The van der Waals surface area contributed by atoms with Gasteiger partial charge in [-0.25, -0.2) is 9.67 Å². The number of ether oxygens (including phenoxy) is 1. The van der Waals surface area contributed by atoms with Crippen molar-refractivity contribution in [3.63, 3.8) is 0 Å². The summed E-state index contributed by atoms with van der Waals surface area (Å²) >= 11 is 0. The Labute approximate surface area is 138 Å². The van der Waals surface area contributed by atoms with Crippen LogP contribution in [-0.4, -0.2) is 51.4 Å². The number of hydrogen-bond acceptors (Lipinski definition) is 4. The molecule has 1 amide bonds. The molecule has 6 nitrogen and oxygen atoms in total. The van der Waals surface area contributed by atoms with Crippen LogP contribution in [0.2, 0.25) is 0 Å². The Kier molecular flexibility index (Phi) is 4.31. The number of halogens is 2. The van der Waals surface area contributed by atoms with Gasteiger partial charge in [0.1, 0.15) is 6.54 Å². The van der Waals surface area contributed by atoms with Gasteiger partial charge in [0.05, 0.1) is 24.1 Å². The zero-order valence-corrected chi connectivity index (χ0v) is 13.4. The van der Waals surface area contributed by atoms with Crippen molar-refractivity contribution in [1.82, 2.24) is 19.7 Å². The van der Waals surface area contributed by atoms with Crippen LogP contribution < -0.4 is 0 Å². The van der Waals surface area contributed by atoms with Crippen molar-refractivity contribution in [3.05, 3.63) is 41.9 Å². The fourth-order valence-electron chi connectivity index (χ4n) is 2.74. The molecule has 128 valence electrons. The minimum atomic E-state index is -3.32. The van der Waals surface area contributed by atoms with Crippen molar-refractivity contribution in [3.8, 4) is 5.82 Å². The van der Waals surface area contributed by atoms with Crippen LogP contribution in [0.3, 0.4) is 0 Å². The zero-order chi connectivity index (χ0) is 17.3. The average Bonchev–Trinajstić information content (AvgIpc) is 2.99. The van der Waals surface area contributed by atoms with Gasteiger partial charge in [0.2, 0.25) is 0 Å². The molecule has 0 atom stereocenters. The largest absolute Gasteiger partial charge is 0.373 e. The summed E-state index contributed by atoms with van der Waals surface area (Å²) in [5.74, 6) is 0.0754. The molecule has 0 aliphatic carbocycles. The number of carbonyl (C=O) groups is 1. The average molecular weight is 336 g/mol. The summed E-state index contributed by atoms with van der Waals surface area (Å²) in [6.07, 6.45) is -0.270. The summed E-state index contributed by atoms with van der Waals surface area (Å²) in [5, 5.41) is 4.25. The third kappa shape index (κ3) is 3.14. The Bertz CT molecular complexity index is 731. The fraction of sp³-hybridized carbons (Fsp3) is 0.438. The number of hydrogen-bond donors (Lipinski definition) is 0. The van der Waals surface area contributed by atoms with E-state index >= 15 is 0 Å². The molecule has 24 heavy (non-hydrogen) atoms. The number of rotatable bonds is 3. The van der Waals surface area contributed by atoms with Gasteiger partial charge in [-0.2, -0.15) is 13.9 Å². The molecule has 1 fully saturated rings. The molecule has 0 spiro atoms. The normalized spacial score (nSPS) is 17.3. The molecule has 0 bridgehead atoms. The lowest BCUT2D eigenvalue weighted by atomic mass is 10.0. The van der Waals surface area contributed by atoms with Gasteiger partial charge in [-0.3, -0.25) is 4.79 Å². The SMILES string of the molecule is CC(C)c1c(C(=O)N2CCOC(F)(F)C2)cnn1-c1ccccn1. The van der Waals surface area contributed by atoms with E-state index in [2.05, 4.69) is 14.8 Å². The number of pyridine rings is 1. The van der Waals surface area contributed by atoms with Gasteiger partial charge in [-0.1, -0.05) is 19.9 Å². The Morgan fingerprint density at radius 2 is 2.17 bits per heavy atom. The second kappa shape index (κ2) is 6.27. The molecule has 8 heteroatoms. The number of aromatic nitrogens is 3. The van der Waals surface area contributed by atoms with E-state index in [4.69, 9.17) is 0 Å². The minimum absolute atomic E-state index is 0.0324. The Balaban J connectivity index is 1.96. The highest BCUT2D eigenvalue weighted by molar-refractivity contribution is 5.95. The van der Waals surface area contributed by atoms with E-state index in [0.29, 0.717) is 17.1 Å². The molecule has 0 unspecified atom stereocenters. The van der Waals surface area contributed by atoms with Gasteiger partial charge >= 0.3 is 6.11 Å². The van der Waals surface area contributed by atoms with E-state index in [1.807, 2.05) is 19.9 Å². The molecular formula is C16H18F2N4O2. The van der Waals surface area contributed by atoms with E-state index in [-0.39, 0.29) is 19.1 Å². The van der Waals surface area contributed by atoms with E-state index in [0.717, 1.165) is 4.90 Å². The lowest BCUT2D eigenvalue weighted by molar-refractivity contribution is -0.263. The second-order valence-electron chi connectivity index (χ2n) is 5.91. The van der Waals surface area contributed by atoms with Crippen LogP contribution in [0.4, 0.5) is 8.78 Å². The van der Waals surface area contributed by atoms with Crippen molar-refractivity contribution >= 4 is 5.91 Å². The fourth-order valence-corrected chi connectivity index (χ4v) is 2.74. The third-order valence-corrected chi connectivity index (χ3v) is 3.79. The molecule has 2 aromatic heterocycles. The first-order valence-corrected chi connectivity index (χ1v) is 7.69. The first-order chi connectivity index (χ1) is 11.4. The van der Waals surface area contributed by atoms with Gasteiger partial charge in [0, 0.05) is 12.7 Å². The molecule has 3 rings (SSSR count). The first kappa shape index (κ1) is 16.5. The predicted molar refractivity (Wildman–Crippen MR) is 82.3 cm³/mol. The van der Waals surface area contributed by atoms with Crippen LogP contribution in [0.1, 0.15) is 35.8 Å². The Morgan fingerprint density at radius 3 is 2.79 bits per heavy atom. The molecule has 1 aliphatic heterocycles. The lowest BCUT2D eigenvalue weighted by Crippen LogP contribution is -2.49. The van der Waals surface area contributed by atoms with E-state index in [1.54, 1.807) is 23.0 Å². The second-order valence-corrected chi connectivity index (χ2v) is 5.91. The topological polar surface area (TPSA) is 60.3 Å². The van der Waals surface area contributed by atoms with Crippen LogP contribution in [0.25, 0.3) is 5.82 Å². The molecule has 0 N–H and O–H groups in total. The number of morpholine rings is 1. The molecule has 3 heterocycles. The maximum atomic E-state index is 13.4. The third-order valence-electron chi connectivity index (χ3n) is 3.79. The van der Waals surface area contributed by atoms with Crippen LogP contribution in [-0.2, 0) is 4.74 Å². The summed E-state index contributed by atoms with van der Waals surface area (Å²) in [5.41, 5.74) is 0.960. The highest BCUT2D eigenvalue weighted by Crippen LogP contribution is 2.26. The standard InChI is InChI=1S/C16H18F2N4O2/c1-11(2)14-12(9-20-22(14)13-5-3-4-6-19-13)15(23)21-7-8-24-16(17,18)10-21/h3-6,9,11H,7-8,10H2,1-2H3. The summed E-state index contributed by atoms with van der Waals surface area (Å²) in [7, 11) is 0. The van der Waals surface area contributed by atoms with Crippen LogP contribution >= 0.6 is 0 Å². The monoisotopic (exact) mass is 336 g/mol. The van der Waals surface area contributed by atoms with Crippen LogP contribution in [0.5, 0.6) is 0 Å². The molecule has 1 saturated heterocycles. The number of carbonyl (C=O) groups excluding carboxylic acids is 1. The number of amides is 1. The summed E-state index contributed by atoms with van der Waals surface area (Å²) in [4.78, 5) is 18.1. The summed E-state index contributed by atoms with van der Waals surface area (Å²) in [6.45, 7) is 3.02. The van der Waals surface area contributed by atoms with Crippen molar-refractivity contribution in [2.45, 2.75) is 25.9 Å². The predicted octanol–water partition coefficient (Wildman–Crippen LogP) is 2.46. The van der Waals surface area contributed by atoms with Crippen molar-refractivity contribution in [1.29, 1.82) is 0 Å². The van der Waals surface area contributed by atoms with Gasteiger partial charge in [-0.15, -0.1) is 0 Å². The summed E-state index contributed by atoms with van der Waals surface area (Å²) in [6, 6.07) is 5.37. The highest BCUT2D eigenvalue weighted by Gasteiger charge is 2.39. The minimum Gasteiger partial charge on any atom is -0.327 e. The smallest absolute Gasteiger partial charge is 0.327 e. The zero-order valence-electron chi connectivity index (χ0n) is 13.4. The maximum absolute atomic E-state index is 13.4. The van der Waals surface area contributed by atoms with Gasteiger partial charge < -0.3 is 9.64 Å². The van der Waals surface area contributed by atoms with Gasteiger partial charge in [-0.05, 0) is 18.1 Å². The molecule has 0 aromatic carbocycles. The van der Waals surface area contributed by atoms with Gasteiger partial charge in [0.15, 0.2) is 5.82 Å². The van der Waals surface area contributed by atoms with Crippen molar-refractivity contribution in [2.75, 3.05) is 19.7 Å². The van der Waals surface area contributed by atoms with Gasteiger partial charge in [0.25, 0.3) is 5.91 Å². The molecule has 1 aliphatic rings. The number of alkyl halides is 2. The van der Waals surface area contributed by atoms with Crippen LogP contribution in [0, 0.1) is 0 Å². The molecular weight excluding hydrogens is 318 g/mol. The number of nitrogens with zero attached hydrogens (tertiary/aromatic N) is 4. The van der Waals surface area contributed by atoms with Crippen molar-refractivity contribution < 1.29 is 18.3 Å². The van der Waals surface area contributed by atoms with Crippen LogP contribution in [0.15, 0.2) is 30.6 Å². The Hall–Kier alpha value is -2.35. The lowest BCUT2D eigenvalue weighted by Gasteiger charge is -2.32. The highest BCUT2D eigenvalue weighted by atomic mass is 19.3. The van der Waals surface area contributed by atoms with E-state index < -0.39 is 18.6 Å². The molecule has 0 radical (unpaired) electrons. The summed E-state index contributed by atoms with van der Waals surface area (Å²) < 4.78 is 32.8. The Morgan fingerprint density at radius 1 is 1.38 bits per heavy atom. The maximum Gasteiger partial charge on any atom is 0.373 e. The quantitative estimate of drug-likeness (QED) is 0.864. The van der Waals surface area contributed by atoms with Crippen molar-refractivity contribution in [2.24, 2.45) is 0 Å². The van der Waals surface area contributed by atoms with E-state index in [1.165, 1.54) is 6.20 Å². The first-order valence-electron chi connectivity index (χ1n) is 7.69.